The number of carbonyl (C=O) groups is 2. The highest BCUT2D eigenvalue weighted by molar-refractivity contribution is 6.34. The largest absolute Gasteiger partial charge is 0.464 e. The number of aromatic nitrogens is 1. The lowest BCUT2D eigenvalue weighted by molar-refractivity contribution is 0.103. The van der Waals surface area contributed by atoms with Gasteiger partial charge in [0.1, 0.15) is 5.69 Å². The molecule has 0 aliphatic carbocycles. The number of nitrogens with one attached hydrogen (secondary N) is 1. The molecule has 0 aliphatic rings. The van der Waals surface area contributed by atoms with Crippen molar-refractivity contribution in [2.75, 3.05) is 5.43 Å². The predicted octanol–water partition coefficient (Wildman–Crippen LogP) is 2.90. The fraction of sp³-hybridized carbons (Fsp3) is 0.0769. The fourth-order valence-electron chi connectivity index (χ4n) is 1.74. The molecular weight excluding hydrogens is 268 g/mol. The van der Waals surface area contributed by atoms with E-state index in [1.54, 1.807) is 43.3 Å². The Kier molecular flexibility index (Phi) is 3.57. The van der Waals surface area contributed by atoms with Crippen molar-refractivity contribution in [1.29, 1.82) is 0 Å². The summed E-state index contributed by atoms with van der Waals surface area (Å²) in [4.78, 5) is 23.1. The molecule has 5 nitrogen and oxygen atoms in total. The van der Waals surface area contributed by atoms with Crippen LogP contribution in [0.15, 0.2) is 36.4 Å². The third-order valence-electron chi connectivity index (χ3n) is 2.63. The SMILES string of the molecule is Cc1ccc(C(=O)c2ccccc2Cl)n1NC(=O)O. The third kappa shape index (κ3) is 2.61. The van der Waals surface area contributed by atoms with Gasteiger partial charge >= 0.3 is 6.09 Å². The summed E-state index contributed by atoms with van der Waals surface area (Å²) in [6, 6.07) is 9.83. The highest BCUT2D eigenvalue weighted by Gasteiger charge is 2.18. The molecule has 0 atom stereocenters. The van der Waals surface area contributed by atoms with E-state index in [1.165, 1.54) is 4.68 Å². The first-order chi connectivity index (χ1) is 9.00. The highest BCUT2D eigenvalue weighted by Crippen LogP contribution is 2.20. The molecule has 1 aromatic carbocycles. The summed E-state index contributed by atoms with van der Waals surface area (Å²) in [6.07, 6.45) is -1.24. The molecule has 2 rings (SSSR count). The van der Waals surface area contributed by atoms with Crippen LogP contribution in [0, 0.1) is 6.92 Å². The van der Waals surface area contributed by atoms with Crippen molar-refractivity contribution >= 4 is 23.5 Å². The average Bonchev–Trinajstić information content (AvgIpc) is 2.70. The molecule has 1 heterocycles. The summed E-state index contributed by atoms with van der Waals surface area (Å²) in [5.74, 6) is -0.340. The van der Waals surface area contributed by atoms with Gasteiger partial charge in [-0.25, -0.2) is 10.2 Å². The van der Waals surface area contributed by atoms with Crippen molar-refractivity contribution in [3.05, 3.63) is 58.4 Å². The number of carboxylic acid groups (broad SMARTS) is 1. The quantitative estimate of drug-likeness (QED) is 0.848. The van der Waals surface area contributed by atoms with Gasteiger partial charge in [0.25, 0.3) is 0 Å². The van der Waals surface area contributed by atoms with Crippen molar-refractivity contribution < 1.29 is 14.7 Å². The number of amides is 1. The monoisotopic (exact) mass is 278 g/mol. The van der Waals surface area contributed by atoms with Gasteiger partial charge in [-0.3, -0.25) is 9.47 Å². The standard InChI is InChI=1S/C13H11ClN2O3/c1-8-6-7-11(16(8)15-13(18)19)12(17)9-4-2-3-5-10(9)14/h2-7,15H,1H3,(H,18,19). The van der Waals surface area contributed by atoms with Crippen LogP contribution in [0.3, 0.4) is 0 Å². The van der Waals surface area contributed by atoms with Crippen LogP contribution < -0.4 is 5.43 Å². The van der Waals surface area contributed by atoms with E-state index < -0.39 is 6.09 Å². The van der Waals surface area contributed by atoms with Crippen LogP contribution in [0.4, 0.5) is 4.79 Å². The Morgan fingerprint density at radius 3 is 2.53 bits per heavy atom. The Bertz CT molecular complexity index is 649. The van der Waals surface area contributed by atoms with E-state index in [1.807, 2.05) is 0 Å². The lowest BCUT2D eigenvalue weighted by atomic mass is 10.1. The molecule has 0 aliphatic heterocycles. The van der Waals surface area contributed by atoms with Crippen molar-refractivity contribution in [2.24, 2.45) is 0 Å². The topological polar surface area (TPSA) is 71.3 Å². The molecular formula is C13H11ClN2O3. The lowest BCUT2D eigenvalue weighted by Gasteiger charge is -2.10. The summed E-state index contributed by atoms with van der Waals surface area (Å²) in [6.45, 7) is 1.69. The second-order valence-corrected chi connectivity index (χ2v) is 4.33. The number of ketones is 1. The molecule has 0 unspecified atom stereocenters. The molecule has 0 fully saturated rings. The molecule has 19 heavy (non-hydrogen) atoms. The first-order valence-electron chi connectivity index (χ1n) is 5.48. The number of rotatable bonds is 3. The molecule has 6 heteroatoms. The van der Waals surface area contributed by atoms with Gasteiger partial charge < -0.3 is 5.11 Å². The minimum Gasteiger partial charge on any atom is -0.464 e. The summed E-state index contributed by atoms with van der Waals surface area (Å²) >= 11 is 5.97. The molecule has 0 saturated heterocycles. The zero-order valence-electron chi connectivity index (χ0n) is 10.1. The van der Waals surface area contributed by atoms with Gasteiger partial charge in [-0.1, -0.05) is 23.7 Å². The molecule has 1 aromatic heterocycles. The molecule has 1 amide bonds. The Morgan fingerprint density at radius 1 is 1.21 bits per heavy atom. The van der Waals surface area contributed by atoms with Crippen LogP contribution in [-0.4, -0.2) is 21.7 Å². The van der Waals surface area contributed by atoms with E-state index in [-0.39, 0.29) is 11.5 Å². The summed E-state index contributed by atoms with van der Waals surface area (Å²) in [7, 11) is 0. The van der Waals surface area contributed by atoms with Crippen molar-refractivity contribution in [2.45, 2.75) is 6.92 Å². The smallest absolute Gasteiger partial charge is 0.423 e. The van der Waals surface area contributed by atoms with E-state index >= 15 is 0 Å². The van der Waals surface area contributed by atoms with Gasteiger partial charge in [0, 0.05) is 11.3 Å². The van der Waals surface area contributed by atoms with Crippen LogP contribution in [0.1, 0.15) is 21.7 Å². The zero-order chi connectivity index (χ0) is 14.0. The Labute approximate surface area is 114 Å². The molecule has 0 saturated carbocycles. The normalized spacial score (nSPS) is 10.2. The van der Waals surface area contributed by atoms with Gasteiger partial charge in [0.05, 0.1) is 5.02 Å². The van der Waals surface area contributed by atoms with Crippen LogP contribution in [-0.2, 0) is 0 Å². The fourth-order valence-corrected chi connectivity index (χ4v) is 1.96. The van der Waals surface area contributed by atoms with E-state index in [0.29, 0.717) is 16.3 Å². The minimum absolute atomic E-state index is 0.216. The van der Waals surface area contributed by atoms with Gasteiger partial charge in [0.2, 0.25) is 5.78 Å². The molecule has 0 radical (unpaired) electrons. The number of carbonyl (C=O) groups excluding carboxylic acids is 1. The molecule has 0 spiro atoms. The van der Waals surface area contributed by atoms with E-state index in [4.69, 9.17) is 16.7 Å². The summed E-state index contributed by atoms with van der Waals surface area (Å²) in [5, 5.41) is 9.10. The number of benzene rings is 1. The van der Waals surface area contributed by atoms with Crippen molar-refractivity contribution in [3.8, 4) is 0 Å². The summed E-state index contributed by atoms with van der Waals surface area (Å²) < 4.78 is 1.22. The lowest BCUT2D eigenvalue weighted by Crippen LogP contribution is -2.25. The number of hydrogen-bond donors (Lipinski definition) is 2. The van der Waals surface area contributed by atoms with Gasteiger partial charge in [-0.15, -0.1) is 0 Å². The highest BCUT2D eigenvalue weighted by atomic mass is 35.5. The predicted molar refractivity (Wildman–Crippen MR) is 71.4 cm³/mol. The van der Waals surface area contributed by atoms with Crippen LogP contribution in [0.2, 0.25) is 5.02 Å². The maximum absolute atomic E-state index is 12.3. The number of aryl methyl sites for hydroxylation is 1. The van der Waals surface area contributed by atoms with Crippen molar-refractivity contribution in [3.63, 3.8) is 0 Å². The second kappa shape index (κ2) is 5.16. The van der Waals surface area contributed by atoms with Gasteiger partial charge in [0.15, 0.2) is 0 Å². The van der Waals surface area contributed by atoms with E-state index in [2.05, 4.69) is 5.43 Å². The first kappa shape index (κ1) is 13.2. The molecule has 2 aromatic rings. The average molecular weight is 279 g/mol. The Morgan fingerprint density at radius 2 is 1.89 bits per heavy atom. The first-order valence-corrected chi connectivity index (χ1v) is 5.86. The maximum Gasteiger partial charge on any atom is 0.423 e. The number of hydrogen-bond acceptors (Lipinski definition) is 2. The third-order valence-corrected chi connectivity index (χ3v) is 2.96. The second-order valence-electron chi connectivity index (χ2n) is 3.92. The van der Waals surface area contributed by atoms with E-state index in [9.17, 15) is 9.59 Å². The zero-order valence-corrected chi connectivity index (χ0v) is 10.8. The maximum atomic E-state index is 12.3. The van der Waals surface area contributed by atoms with Gasteiger partial charge in [-0.05, 0) is 31.2 Å². The molecule has 2 N–H and O–H groups in total. The van der Waals surface area contributed by atoms with Gasteiger partial charge in [-0.2, -0.15) is 0 Å². The number of halogens is 1. The molecule has 0 bridgehead atoms. The summed E-state index contributed by atoms with van der Waals surface area (Å²) in [5.41, 5.74) is 3.32. The van der Waals surface area contributed by atoms with Crippen LogP contribution in [0.5, 0.6) is 0 Å². The molecule has 98 valence electrons. The van der Waals surface area contributed by atoms with Crippen LogP contribution >= 0.6 is 11.6 Å². The van der Waals surface area contributed by atoms with Crippen LogP contribution in [0.25, 0.3) is 0 Å². The number of nitrogens with zero attached hydrogens (tertiary/aromatic N) is 1. The van der Waals surface area contributed by atoms with Crippen molar-refractivity contribution in [1.82, 2.24) is 4.68 Å². The minimum atomic E-state index is -1.24. The Hall–Kier alpha value is -2.27. The Balaban J connectivity index is 2.45. The van der Waals surface area contributed by atoms with E-state index in [0.717, 1.165) is 0 Å².